The first-order valence-corrected chi connectivity index (χ1v) is 3.59. The monoisotopic (exact) mass is 147 g/mol. The van der Waals surface area contributed by atoms with E-state index >= 15 is 0 Å². The third kappa shape index (κ3) is 1.68. The summed E-state index contributed by atoms with van der Waals surface area (Å²) in [6.45, 7) is 0.554. The average molecular weight is 147 g/mol. The van der Waals surface area contributed by atoms with E-state index in [1.165, 1.54) is 0 Å². The summed E-state index contributed by atoms with van der Waals surface area (Å²) in [5.41, 5.74) is 0. The van der Waals surface area contributed by atoms with Crippen LogP contribution < -0.4 is 0 Å². The first-order valence-electron chi connectivity index (χ1n) is 3.59. The highest BCUT2D eigenvalue weighted by atomic mass is 16.5. The van der Waals surface area contributed by atoms with Crippen molar-refractivity contribution in [1.82, 2.24) is 0 Å². The quantitative estimate of drug-likeness (QED) is 0.572. The van der Waals surface area contributed by atoms with E-state index in [1.54, 1.807) is 7.11 Å². The summed E-state index contributed by atoms with van der Waals surface area (Å²) in [6.07, 6.45) is 0.494. The predicted molar refractivity (Wildman–Crippen MR) is 37.7 cm³/mol. The molecular weight excluding hydrogens is 132 g/mol. The molecule has 60 valence electrons. The molecule has 1 aliphatic rings. The van der Waals surface area contributed by atoms with Crippen molar-refractivity contribution < 1.29 is 16.4 Å². The van der Waals surface area contributed by atoms with E-state index in [-0.39, 0.29) is 19.6 Å². The molecule has 3 heteroatoms. The van der Waals surface area contributed by atoms with E-state index in [0.29, 0.717) is 19.4 Å². The molecule has 3 unspecified atom stereocenters. The second-order valence-corrected chi connectivity index (χ2v) is 2.91. The van der Waals surface area contributed by atoms with Gasteiger partial charge in [-0.2, -0.15) is 0 Å². The van der Waals surface area contributed by atoms with E-state index in [9.17, 15) is 5.11 Å². The molecule has 0 heterocycles. The van der Waals surface area contributed by atoms with Gasteiger partial charge in [0.2, 0.25) is 0 Å². The highest BCUT2D eigenvalue weighted by Crippen LogP contribution is 2.25. The molecule has 3 nitrogen and oxygen atoms in total. The molecule has 2 N–H and O–H groups in total. The predicted octanol–water partition coefficient (Wildman–Crippen LogP) is -0.123. The second-order valence-electron chi connectivity index (χ2n) is 2.91. The summed E-state index contributed by atoms with van der Waals surface area (Å²) in [5.74, 6) is 0.139. The van der Waals surface area contributed by atoms with Crippen LogP contribution in [-0.4, -0.2) is 36.1 Å². The fraction of sp³-hybridized carbons (Fsp3) is 1.00. The van der Waals surface area contributed by atoms with Gasteiger partial charge in [-0.3, -0.25) is 0 Å². The van der Waals surface area contributed by atoms with Crippen LogP contribution in [-0.2, 0) is 4.74 Å². The van der Waals surface area contributed by atoms with Gasteiger partial charge in [0.15, 0.2) is 0 Å². The Morgan fingerprint density at radius 2 is 2.20 bits per heavy atom. The van der Waals surface area contributed by atoms with Crippen molar-refractivity contribution in [3.05, 3.63) is 0 Å². The van der Waals surface area contributed by atoms with Gasteiger partial charge in [0.1, 0.15) is 0 Å². The Bertz CT molecular complexity index is 110. The van der Waals surface area contributed by atoms with Gasteiger partial charge in [-0.15, -0.1) is 0 Å². The number of ether oxygens (including phenoxy) is 1. The maximum Gasteiger partial charge on any atom is 1.00 e. The van der Waals surface area contributed by atoms with E-state index in [1.807, 2.05) is 0 Å². The zero-order valence-corrected chi connectivity index (χ0v) is 6.16. The summed E-state index contributed by atoms with van der Waals surface area (Å²) in [7, 11) is 1.61. The molecule has 0 spiro atoms. The Morgan fingerprint density at radius 1 is 1.50 bits per heavy atom. The van der Waals surface area contributed by atoms with Gasteiger partial charge in [-0.25, -0.2) is 0 Å². The maximum atomic E-state index is 9.25. The molecule has 1 aliphatic carbocycles. The molecule has 0 radical (unpaired) electrons. The zero-order chi connectivity index (χ0) is 7.56. The van der Waals surface area contributed by atoms with Crippen LogP contribution >= 0.6 is 0 Å². The highest BCUT2D eigenvalue weighted by Gasteiger charge is 2.31. The van der Waals surface area contributed by atoms with Gasteiger partial charge in [0, 0.05) is 13.0 Å². The van der Waals surface area contributed by atoms with Gasteiger partial charge in [0.25, 0.3) is 0 Å². The Balaban J connectivity index is 0.000001000. The first-order chi connectivity index (χ1) is 4.74. The minimum absolute atomic E-state index is 0. The van der Waals surface area contributed by atoms with Crippen molar-refractivity contribution in [1.29, 1.82) is 0 Å². The zero-order valence-electron chi connectivity index (χ0n) is 7.16. The van der Waals surface area contributed by atoms with Gasteiger partial charge in [-0.05, 0) is 12.8 Å². The molecule has 0 amide bonds. The lowest BCUT2D eigenvalue weighted by Gasteiger charge is -2.11. The van der Waals surface area contributed by atoms with Gasteiger partial charge < -0.3 is 14.9 Å². The van der Waals surface area contributed by atoms with E-state index in [4.69, 9.17) is 9.84 Å². The summed E-state index contributed by atoms with van der Waals surface area (Å²) < 4.78 is 4.87. The number of aliphatic hydroxyl groups excluding tert-OH is 2. The van der Waals surface area contributed by atoms with Crippen LogP contribution in [0.4, 0.5) is 0 Å². The average Bonchev–Trinajstić information content (AvgIpc) is 2.13. The summed E-state index contributed by atoms with van der Waals surface area (Å²) in [6, 6.07) is 0. The summed E-state index contributed by atoms with van der Waals surface area (Å²) in [5, 5.41) is 18.3. The minimum atomic E-state index is -0.366. The minimum Gasteiger partial charge on any atom is -0.393 e. The van der Waals surface area contributed by atoms with Crippen LogP contribution in [0.25, 0.3) is 0 Å². The highest BCUT2D eigenvalue weighted by molar-refractivity contribution is 4.82. The molecule has 1 rings (SSSR count). The lowest BCUT2D eigenvalue weighted by atomic mass is 10.1. The Kier molecular flexibility index (Phi) is 2.65. The topological polar surface area (TPSA) is 49.7 Å². The van der Waals surface area contributed by atoms with Gasteiger partial charge >= 0.3 is 1.43 Å². The summed E-state index contributed by atoms with van der Waals surface area (Å²) in [4.78, 5) is 0. The molecule has 3 atom stereocenters. The fourth-order valence-corrected chi connectivity index (χ4v) is 1.47. The number of hydrogen-bond acceptors (Lipinski definition) is 3. The van der Waals surface area contributed by atoms with Crippen molar-refractivity contribution in [2.75, 3.05) is 13.7 Å². The summed E-state index contributed by atoms with van der Waals surface area (Å²) >= 11 is 0. The molecule has 0 aromatic heterocycles. The smallest absolute Gasteiger partial charge is 0.393 e. The lowest BCUT2D eigenvalue weighted by Crippen LogP contribution is -2.17. The van der Waals surface area contributed by atoms with Crippen LogP contribution in [0.5, 0.6) is 0 Å². The van der Waals surface area contributed by atoms with Crippen LogP contribution in [0.2, 0.25) is 0 Å². The van der Waals surface area contributed by atoms with Crippen molar-refractivity contribution in [3.63, 3.8) is 0 Å². The molecule has 0 aromatic carbocycles. The Morgan fingerprint density at radius 3 is 2.60 bits per heavy atom. The number of methoxy groups -OCH3 is 1. The Labute approximate surface area is 62.1 Å². The second kappa shape index (κ2) is 3.32. The molecule has 0 saturated heterocycles. The normalized spacial score (nSPS) is 40.5. The molecule has 1 saturated carbocycles. The largest absolute Gasteiger partial charge is 1.00 e. The van der Waals surface area contributed by atoms with E-state index in [2.05, 4.69) is 0 Å². The lowest BCUT2D eigenvalue weighted by molar-refractivity contribution is 0.0681. The standard InChI is InChI=1S/C7H14O3/c1-10-4-5-2-6(8)3-7(5)9/h5-9H,2-4H2,1H3/p+1. The number of aliphatic hydroxyl groups is 2. The van der Waals surface area contributed by atoms with Crippen molar-refractivity contribution in [2.45, 2.75) is 25.0 Å². The van der Waals surface area contributed by atoms with Crippen molar-refractivity contribution >= 4 is 0 Å². The SMILES string of the molecule is COCC1CC(O)CC1O.[H+]. The molecule has 0 aromatic rings. The van der Waals surface area contributed by atoms with Gasteiger partial charge in [0.05, 0.1) is 18.8 Å². The molecule has 1 fully saturated rings. The molecular formula is C7H15O3+. The van der Waals surface area contributed by atoms with Gasteiger partial charge in [-0.1, -0.05) is 0 Å². The van der Waals surface area contributed by atoms with Crippen LogP contribution in [0.15, 0.2) is 0 Å². The third-order valence-corrected chi connectivity index (χ3v) is 2.01. The van der Waals surface area contributed by atoms with Crippen LogP contribution in [0, 0.1) is 5.92 Å². The maximum absolute atomic E-state index is 9.25. The molecule has 0 bridgehead atoms. The number of hydrogen-bond donors (Lipinski definition) is 2. The molecule has 10 heavy (non-hydrogen) atoms. The van der Waals surface area contributed by atoms with Crippen LogP contribution in [0.1, 0.15) is 14.3 Å². The third-order valence-electron chi connectivity index (χ3n) is 2.01. The first kappa shape index (κ1) is 7.98. The van der Waals surface area contributed by atoms with E-state index < -0.39 is 0 Å². The fourth-order valence-electron chi connectivity index (χ4n) is 1.47. The van der Waals surface area contributed by atoms with Crippen molar-refractivity contribution in [2.24, 2.45) is 5.92 Å². The van der Waals surface area contributed by atoms with Crippen molar-refractivity contribution in [3.8, 4) is 0 Å². The van der Waals surface area contributed by atoms with E-state index in [0.717, 1.165) is 0 Å². The van der Waals surface area contributed by atoms with Crippen LogP contribution in [0.3, 0.4) is 0 Å². The number of rotatable bonds is 2. The Hall–Kier alpha value is -0.120. The molecule has 0 aliphatic heterocycles.